The van der Waals surface area contributed by atoms with E-state index in [1.54, 1.807) is 19.1 Å². The minimum Gasteiger partial charge on any atom is -0.478 e. The third-order valence-corrected chi connectivity index (χ3v) is 6.29. The van der Waals surface area contributed by atoms with E-state index in [-0.39, 0.29) is 11.4 Å². The molecule has 1 aromatic heterocycles. The molecule has 170 valence electrons. The quantitative estimate of drug-likeness (QED) is 0.316. The Labute approximate surface area is 189 Å². The van der Waals surface area contributed by atoms with Gasteiger partial charge in [0.2, 0.25) is 0 Å². The van der Waals surface area contributed by atoms with Crippen molar-refractivity contribution in [3.05, 3.63) is 58.3 Å². The maximum absolute atomic E-state index is 13.8. The summed E-state index contributed by atoms with van der Waals surface area (Å²) >= 11 is 2.53. The first kappa shape index (κ1) is 24.0. The molecule has 3 rings (SSSR count). The number of aromatic nitrogens is 2. The fraction of sp³-hybridized carbons (Fsp3) is 0.286. The number of hydrogen-bond acceptors (Lipinski definition) is 6. The fourth-order valence-corrected chi connectivity index (χ4v) is 4.24. The molecule has 1 N–H and O–H groups in total. The highest BCUT2D eigenvalue weighted by atomic mass is 32.2. The summed E-state index contributed by atoms with van der Waals surface area (Å²) in [4.78, 5) is 16.4. The number of thioether (sulfide) groups is 1. The van der Waals surface area contributed by atoms with Gasteiger partial charge in [0.15, 0.2) is 11.4 Å². The van der Waals surface area contributed by atoms with Gasteiger partial charge in [0.25, 0.3) is 0 Å². The number of hydrogen-bond donors (Lipinski definition) is 1. The van der Waals surface area contributed by atoms with E-state index < -0.39 is 29.1 Å². The van der Waals surface area contributed by atoms with Crippen LogP contribution in [0.25, 0.3) is 11.4 Å². The van der Waals surface area contributed by atoms with E-state index in [1.165, 1.54) is 25.6 Å². The smallest absolute Gasteiger partial charge is 0.419 e. The number of rotatable bonds is 7. The molecular weight excluding hydrogens is 468 g/mol. The number of carbonyl (C=O) groups is 1. The molecule has 5 nitrogen and oxygen atoms in total. The highest BCUT2D eigenvalue weighted by Crippen LogP contribution is 2.34. The van der Waals surface area contributed by atoms with Gasteiger partial charge in [0, 0.05) is 10.5 Å². The van der Waals surface area contributed by atoms with Crippen molar-refractivity contribution in [2.75, 3.05) is 0 Å². The molecule has 0 aliphatic heterocycles. The van der Waals surface area contributed by atoms with Crippen LogP contribution >= 0.6 is 23.3 Å². The van der Waals surface area contributed by atoms with Crippen LogP contribution in [0, 0.1) is 12.7 Å². The molecule has 2 aromatic carbocycles. The van der Waals surface area contributed by atoms with Crippen molar-refractivity contribution in [1.82, 2.24) is 9.36 Å². The lowest BCUT2D eigenvalue weighted by Gasteiger charge is -2.22. The standard InChI is InChI=1S/C21H18F4N2O3S2/c1-11-8-13(5-7-16(11)30-20(2,3)19(28)29)31-10-17-26-18(27-32-17)12-4-6-14(15(22)9-12)21(23,24)25/h4-9H,10H2,1-3H3,(H,28,29). The lowest BCUT2D eigenvalue weighted by molar-refractivity contribution is -0.152. The third-order valence-electron chi connectivity index (χ3n) is 4.39. The maximum atomic E-state index is 13.8. The van der Waals surface area contributed by atoms with Crippen molar-refractivity contribution >= 4 is 29.3 Å². The van der Waals surface area contributed by atoms with E-state index >= 15 is 0 Å². The minimum atomic E-state index is -4.76. The second kappa shape index (κ2) is 9.07. The van der Waals surface area contributed by atoms with Gasteiger partial charge in [0.1, 0.15) is 16.6 Å². The average Bonchev–Trinajstić information content (AvgIpc) is 3.16. The topological polar surface area (TPSA) is 72.3 Å². The molecule has 0 saturated carbocycles. The van der Waals surface area contributed by atoms with Crippen LogP contribution in [0.4, 0.5) is 17.6 Å². The number of alkyl halides is 3. The van der Waals surface area contributed by atoms with E-state index in [4.69, 9.17) is 4.74 Å². The van der Waals surface area contributed by atoms with Gasteiger partial charge in [-0.05, 0) is 68.2 Å². The normalized spacial score (nSPS) is 12.1. The number of benzene rings is 2. The molecular formula is C21H18F4N2O3S2. The van der Waals surface area contributed by atoms with Crippen molar-refractivity contribution in [1.29, 1.82) is 0 Å². The van der Waals surface area contributed by atoms with Gasteiger partial charge in [-0.2, -0.15) is 17.5 Å². The van der Waals surface area contributed by atoms with E-state index in [0.29, 0.717) is 22.6 Å². The van der Waals surface area contributed by atoms with Crippen molar-refractivity contribution in [2.45, 2.75) is 43.2 Å². The highest BCUT2D eigenvalue weighted by molar-refractivity contribution is 7.98. The summed E-state index contributed by atoms with van der Waals surface area (Å²) in [7, 11) is 0. The summed E-state index contributed by atoms with van der Waals surface area (Å²) in [6.45, 7) is 4.74. The Balaban J connectivity index is 1.67. The number of halogens is 4. The number of carboxylic acid groups (broad SMARTS) is 1. The first-order chi connectivity index (χ1) is 14.9. The molecule has 11 heteroatoms. The minimum absolute atomic E-state index is 0.161. The van der Waals surface area contributed by atoms with Crippen molar-refractivity contribution in [3.8, 4) is 17.1 Å². The first-order valence-corrected chi connectivity index (χ1v) is 11.0. The van der Waals surface area contributed by atoms with Crippen molar-refractivity contribution in [2.24, 2.45) is 0 Å². The Hall–Kier alpha value is -2.66. The molecule has 0 bridgehead atoms. The maximum Gasteiger partial charge on any atom is 0.419 e. The Bertz CT molecular complexity index is 1150. The summed E-state index contributed by atoms with van der Waals surface area (Å²) in [6, 6.07) is 7.94. The Morgan fingerprint density at radius 2 is 1.91 bits per heavy atom. The van der Waals surface area contributed by atoms with Gasteiger partial charge in [-0.3, -0.25) is 0 Å². The zero-order chi connectivity index (χ0) is 23.7. The number of nitrogens with zero attached hydrogens (tertiary/aromatic N) is 2. The molecule has 0 unspecified atom stereocenters. The van der Waals surface area contributed by atoms with Gasteiger partial charge >= 0.3 is 12.1 Å². The molecule has 0 radical (unpaired) electrons. The third kappa shape index (κ3) is 5.57. The van der Waals surface area contributed by atoms with Gasteiger partial charge < -0.3 is 9.84 Å². The lowest BCUT2D eigenvalue weighted by Crippen LogP contribution is -2.38. The summed E-state index contributed by atoms with van der Waals surface area (Å²) in [5.41, 5.74) is -1.76. The van der Waals surface area contributed by atoms with Crippen molar-refractivity contribution < 1.29 is 32.2 Å². The molecule has 0 atom stereocenters. The molecule has 0 aliphatic carbocycles. The van der Waals surface area contributed by atoms with Crippen LogP contribution in [-0.2, 0) is 16.7 Å². The molecule has 0 spiro atoms. The van der Waals surface area contributed by atoms with Gasteiger partial charge in [-0.15, -0.1) is 11.8 Å². The van der Waals surface area contributed by atoms with Crippen LogP contribution in [0.1, 0.15) is 30.0 Å². The van der Waals surface area contributed by atoms with E-state index in [1.807, 2.05) is 6.07 Å². The second-order valence-corrected chi connectivity index (χ2v) is 9.22. The molecule has 3 aromatic rings. The van der Waals surface area contributed by atoms with Crippen molar-refractivity contribution in [3.63, 3.8) is 0 Å². The molecule has 1 heterocycles. The van der Waals surface area contributed by atoms with Crippen LogP contribution in [0.3, 0.4) is 0 Å². The van der Waals surface area contributed by atoms with Gasteiger partial charge in [-0.25, -0.2) is 14.2 Å². The van der Waals surface area contributed by atoms with Crippen LogP contribution in [-0.4, -0.2) is 26.0 Å². The second-order valence-electron chi connectivity index (χ2n) is 7.34. The number of carboxylic acids is 1. The van der Waals surface area contributed by atoms with Crippen LogP contribution in [0.5, 0.6) is 5.75 Å². The highest BCUT2D eigenvalue weighted by Gasteiger charge is 2.34. The largest absolute Gasteiger partial charge is 0.478 e. The van der Waals surface area contributed by atoms with Gasteiger partial charge in [-0.1, -0.05) is 6.07 Å². The number of aryl methyl sites for hydroxylation is 1. The zero-order valence-electron chi connectivity index (χ0n) is 17.2. The fourth-order valence-electron chi connectivity index (χ4n) is 2.60. The zero-order valence-corrected chi connectivity index (χ0v) is 18.8. The van der Waals surface area contributed by atoms with Crippen LogP contribution in [0.2, 0.25) is 0 Å². The van der Waals surface area contributed by atoms with Crippen LogP contribution in [0.15, 0.2) is 41.3 Å². The van der Waals surface area contributed by atoms with E-state index in [2.05, 4.69) is 9.36 Å². The Morgan fingerprint density at radius 3 is 2.50 bits per heavy atom. The SMILES string of the molecule is Cc1cc(SCc2nc(-c3ccc(C(F)(F)F)c(F)c3)ns2)ccc1OC(C)(C)C(=O)O. The summed E-state index contributed by atoms with van der Waals surface area (Å²) in [6.07, 6.45) is -4.76. The summed E-state index contributed by atoms with van der Waals surface area (Å²) < 4.78 is 61.6. The Kier molecular flexibility index (Phi) is 6.80. The molecule has 0 aliphatic rings. The van der Waals surface area contributed by atoms with Crippen LogP contribution < -0.4 is 4.74 Å². The number of aliphatic carboxylic acids is 1. The molecule has 32 heavy (non-hydrogen) atoms. The lowest BCUT2D eigenvalue weighted by atomic mass is 10.1. The van der Waals surface area contributed by atoms with E-state index in [9.17, 15) is 27.5 Å². The van der Waals surface area contributed by atoms with Gasteiger partial charge in [0.05, 0.1) is 11.3 Å². The summed E-state index contributed by atoms with van der Waals surface area (Å²) in [5.74, 6) is -1.38. The predicted molar refractivity (Wildman–Crippen MR) is 113 cm³/mol. The molecule has 0 saturated heterocycles. The average molecular weight is 487 g/mol. The molecule has 0 fully saturated rings. The first-order valence-electron chi connectivity index (χ1n) is 9.22. The number of ether oxygens (including phenoxy) is 1. The Morgan fingerprint density at radius 1 is 1.19 bits per heavy atom. The predicted octanol–water partition coefficient (Wildman–Crippen LogP) is 6.21. The molecule has 0 amide bonds. The van der Waals surface area contributed by atoms with E-state index in [0.717, 1.165) is 34.1 Å². The summed E-state index contributed by atoms with van der Waals surface area (Å²) in [5, 5.41) is 9.82. The monoisotopic (exact) mass is 486 g/mol.